The third-order valence-corrected chi connectivity index (χ3v) is 16.0. The van der Waals surface area contributed by atoms with E-state index in [1.165, 1.54) is 43.8 Å². The van der Waals surface area contributed by atoms with Crippen molar-refractivity contribution in [3.63, 3.8) is 0 Å². The molecule has 2 aliphatic carbocycles. The van der Waals surface area contributed by atoms with E-state index >= 15 is 0 Å². The second-order valence-electron chi connectivity index (χ2n) is 13.4. The van der Waals surface area contributed by atoms with Gasteiger partial charge in [0.1, 0.15) is 0 Å². The molecule has 0 atom stereocenters. The van der Waals surface area contributed by atoms with E-state index in [-0.39, 0.29) is 10.8 Å². The Hall–Kier alpha value is -2.41. The summed E-state index contributed by atoms with van der Waals surface area (Å²) in [6.07, 6.45) is 8.27. The molecule has 0 N–H and O–H groups in total. The standard InChI is InChI=1S/C21H25.C9H7S.C8H8.Zr/c1-20(2,3)16-9-7-14-11-15-8-10-17(21(4,5)6)13-19(15)18(14)12-16;1-2-5-8(4-1)9-6-3-7-10-9;1-2-8-6-4-3-5-7-8;/h7,9-10,12-13H,11H2,1-6H3;3-7H,1H2;1,3-7H,2H2;. The van der Waals surface area contributed by atoms with Gasteiger partial charge in [-0.2, -0.15) is 0 Å². The van der Waals surface area contributed by atoms with Crippen molar-refractivity contribution in [1.82, 2.24) is 0 Å². The average Bonchev–Trinajstić information content (AvgIpc) is 3.68. The SMILES string of the molecule is CC(C)(C)c1ccc2c(c1)-c1cc(C(C)(C)C)c[c](/[Zr](=[CH]\Cc3ccccc3)[C]3=CC(c4cccs4)=CC3)c1C2. The van der Waals surface area contributed by atoms with E-state index in [0.29, 0.717) is 0 Å². The summed E-state index contributed by atoms with van der Waals surface area (Å²) in [5, 5.41) is 2.20. The third kappa shape index (κ3) is 5.55. The van der Waals surface area contributed by atoms with Crippen LogP contribution in [0.3, 0.4) is 0 Å². The van der Waals surface area contributed by atoms with Crippen LogP contribution in [0.15, 0.2) is 93.6 Å². The van der Waals surface area contributed by atoms with Gasteiger partial charge in [-0.3, -0.25) is 0 Å². The van der Waals surface area contributed by atoms with E-state index in [1.54, 1.807) is 12.1 Å². The first-order chi connectivity index (χ1) is 19.1. The molecule has 0 aliphatic heterocycles. The fourth-order valence-electron chi connectivity index (χ4n) is 5.99. The fourth-order valence-corrected chi connectivity index (χ4v) is 13.5. The molecular formula is C38H40SZr. The molecule has 0 unspecified atom stereocenters. The monoisotopic (exact) mass is 618 g/mol. The van der Waals surface area contributed by atoms with Crippen LogP contribution < -0.4 is 3.27 Å². The predicted octanol–water partition coefficient (Wildman–Crippen LogP) is 9.57. The molecule has 0 nitrogen and oxygen atoms in total. The molecule has 40 heavy (non-hydrogen) atoms. The summed E-state index contributed by atoms with van der Waals surface area (Å²) < 4.78 is 6.18. The van der Waals surface area contributed by atoms with Crippen molar-refractivity contribution in [3.05, 3.63) is 126 Å². The number of hydrogen-bond donors (Lipinski definition) is 0. The minimum absolute atomic E-state index is 0.103. The molecule has 0 radical (unpaired) electrons. The molecule has 1 aromatic heterocycles. The Morgan fingerprint density at radius 2 is 1.55 bits per heavy atom. The molecule has 3 aromatic carbocycles. The summed E-state index contributed by atoms with van der Waals surface area (Å²) in [4.78, 5) is 1.40. The van der Waals surface area contributed by atoms with Crippen molar-refractivity contribution in [2.75, 3.05) is 0 Å². The number of hydrogen-bond acceptors (Lipinski definition) is 1. The van der Waals surface area contributed by atoms with Crippen LogP contribution in [-0.2, 0) is 44.9 Å². The van der Waals surface area contributed by atoms with Gasteiger partial charge in [-0.05, 0) is 0 Å². The first-order valence-electron chi connectivity index (χ1n) is 14.6. The number of thiophene rings is 1. The first-order valence-corrected chi connectivity index (χ1v) is 19.3. The average molecular weight is 620 g/mol. The van der Waals surface area contributed by atoms with Gasteiger partial charge in [0.2, 0.25) is 0 Å². The fraction of sp³-hybridized carbons (Fsp3) is 0.289. The maximum atomic E-state index is 2.78. The maximum absolute atomic E-state index is 2.78. The zero-order chi connectivity index (χ0) is 28.1. The summed E-state index contributed by atoms with van der Waals surface area (Å²) in [6.45, 7) is 14.1. The Bertz CT molecular complexity index is 1650. The summed E-state index contributed by atoms with van der Waals surface area (Å²) in [5.74, 6) is 0. The van der Waals surface area contributed by atoms with Gasteiger partial charge in [0.05, 0.1) is 0 Å². The molecule has 1 heterocycles. The second kappa shape index (κ2) is 10.8. The van der Waals surface area contributed by atoms with Crippen molar-refractivity contribution in [3.8, 4) is 11.1 Å². The summed E-state index contributed by atoms with van der Waals surface area (Å²) in [5.41, 5.74) is 12.1. The van der Waals surface area contributed by atoms with Gasteiger partial charge in [-0.25, -0.2) is 0 Å². The molecule has 0 saturated carbocycles. The Morgan fingerprint density at radius 1 is 0.800 bits per heavy atom. The summed E-state index contributed by atoms with van der Waals surface area (Å²) in [7, 11) is 0. The van der Waals surface area contributed by atoms with E-state index in [9.17, 15) is 0 Å². The molecule has 2 aliphatic rings. The summed E-state index contributed by atoms with van der Waals surface area (Å²) in [6, 6.07) is 28.0. The molecule has 202 valence electrons. The second-order valence-corrected chi connectivity index (χ2v) is 20.3. The Balaban J connectivity index is 1.53. The van der Waals surface area contributed by atoms with Crippen LogP contribution in [0, 0.1) is 0 Å². The Kier molecular flexibility index (Phi) is 7.47. The zero-order valence-electron chi connectivity index (χ0n) is 24.8. The molecule has 6 rings (SSSR count). The zero-order valence-corrected chi connectivity index (χ0v) is 28.0. The van der Waals surface area contributed by atoms with Gasteiger partial charge in [-0.1, -0.05) is 0 Å². The Labute approximate surface area is 252 Å². The van der Waals surface area contributed by atoms with E-state index in [4.69, 9.17) is 0 Å². The van der Waals surface area contributed by atoms with E-state index in [2.05, 4.69) is 136 Å². The van der Waals surface area contributed by atoms with Crippen LogP contribution >= 0.6 is 11.3 Å². The van der Waals surface area contributed by atoms with Gasteiger partial charge >= 0.3 is 254 Å². The number of benzene rings is 3. The summed E-state index contributed by atoms with van der Waals surface area (Å²) >= 11 is -0.509. The van der Waals surface area contributed by atoms with Crippen molar-refractivity contribution in [1.29, 1.82) is 0 Å². The number of fused-ring (bicyclic) bond motifs is 3. The van der Waals surface area contributed by atoms with Crippen LogP contribution in [0.4, 0.5) is 0 Å². The van der Waals surface area contributed by atoms with Gasteiger partial charge in [0.15, 0.2) is 0 Å². The van der Waals surface area contributed by atoms with Gasteiger partial charge < -0.3 is 0 Å². The molecule has 4 aromatic rings. The van der Waals surface area contributed by atoms with Crippen molar-refractivity contribution in [2.24, 2.45) is 0 Å². The van der Waals surface area contributed by atoms with Crippen LogP contribution in [-0.4, -0.2) is 3.71 Å². The van der Waals surface area contributed by atoms with Crippen molar-refractivity contribution >= 4 is 23.9 Å². The molecule has 0 fully saturated rings. The van der Waals surface area contributed by atoms with Crippen molar-refractivity contribution in [2.45, 2.75) is 71.6 Å². The van der Waals surface area contributed by atoms with E-state index < -0.39 is 21.3 Å². The predicted molar refractivity (Wildman–Crippen MR) is 173 cm³/mol. The van der Waals surface area contributed by atoms with Crippen LogP contribution in [0.5, 0.6) is 0 Å². The normalized spacial score (nSPS) is 15.1. The third-order valence-electron chi connectivity index (χ3n) is 8.45. The van der Waals surface area contributed by atoms with Crippen molar-refractivity contribution < 1.29 is 21.3 Å². The quantitative estimate of drug-likeness (QED) is 0.184. The van der Waals surface area contributed by atoms with E-state index in [0.717, 1.165) is 19.3 Å². The minimum atomic E-state index is -2.37. The van der Waals surface area contributed by atoms with Crippen LogP contribution in [0.25, 0.3) is 16.7 Å². The first kappa shape index (κ1) is 27.7. The molecule has 0 amide bonds. The van der Waals surface area contributed by atoms with Gasteiger partial charge in [-0.15, -0.1) is 0 Å². The molecular weight excluding hydrogens is 580 g/mol. The topological polar surface area (TPSA) is 0 Å². The van der Waals surface area contributed by atoms with E-state index in [1.807, 2.05) is 11.3 Å². The molecule has 0 bridgehead atoms. The number of rotatable bonds is 5. The van der Waals surface area contributed by atoms with Crippen LogP contribution in [0.1, 0.15) is 80.7 Å². The molecule has 0 saturated heterocycles. The van der Waals surface area contributed by atoms with Gasteiger partial charge in [0, 0.05) is 0 Å². The Morgan fingerprint density at radius 3 is 2.25 bits per heavy atom. The number of allylic oxidation sites excluding steroid dienone is 4. The molecule has 2 heteroatoms. The van der Waals surface area contributed by atoms with Crippen LogP contribution in [0.2, 0.25) is 0 Å². The molecule has 0 spiro atoms. The van der Waals surface area contributed by atoms with Gasteiger partial charge in [0.25, 0.3) is 0 Å².